The topological polar surface area (TPSA) is 84.9 Å². The molecule has 7 nitrogen and oxygen atoms in total. The van der Waals surface area contributed by atoms with Crippen molar-refractivity contribution in [2.24, 2.45) is 0 Å². The average molecular weight is 318 g/mol. The zero-order valence-electron chi connectivity index (χ0n) is 12.7. The summed E-state index contributed by atoms with van der Waals surface area (Å²) in [7, 11) is 0. The van der Waals surface area contributed by atoms with Gasteiger partial charge in [0.2, 0.25) is 0 Å². The Kier molecular flexibility index (Phi) is 4.45. The lowest BCUT2D eigenvalue weighted by atomic mass is 10.1. The summed E-state index contributed by atoms with van der Waals surface area (Å²) in [5, 5.41) is 2.51. The molecule has 122 valence electrons. The molecule has 7 heteroatoms. The number of nitrogens with zero attached hydrogens (tertiary/aromatic N) is 1. The number of carbonyl (C=O) groups excluding carboxylic acids is 3. The highest BCUT2D eigenvalue weighted by Crippen LogP contribution is 2.25. The Bertz CT molecular complexity index is 643. The summed E-state index contributed by atoms with van der Waals surface area (Å²) in [5.74, 6) is -0.558. The predicted octanol–water partition coefficient (Wildman–Crippen LogP) is 0.649. The lowest BCUT2D eigenvalue weighted by molar-refractivity contribution is -0.152. The van der Waals surface area contributed by atoms with Gasteiger partial charge in [0.15, 0.2) is 13.2 Å². The number of hydrogen-bond donors (Lipinski definition) is 1. The highest BCUT2D eigenvalue weighted by atomic mass is 16.6. The lowest BCUT2D eigenvalue weighted by Crippen LogP contribution is -2.37. The van der Waals surface area contributed by atoms with E-state index in [1.165, 1.54) is 11.1 Å². The molecule has 0 saturated carbocycles. The Morgan fingerprint density at radius 3 is 2.78 bits per heavy atom. The van der Waals surface area contributed by atoms with E-state index in [4.69, 9.17) is 9.47 Å². The second kappa shape index (κ2) is 6.68. The Balaban J connectivity index is 1.43. The molecule has 1 saturated heterocycles. The fourth-order valence-corrected chi connectivity index (χ4v) is 2.75. The molecule has 0 atom stereocenters. The first-order chi connectivity index (χ1) is 11.1. The van der Waals surface area contributed by atoms with E-state index >= 15 is 0 Å². The van der Waals surface area contributed by atoms with Crippen LogP contribution in [-0.2, 0) is 27.2 Å². The van der Waals surface area contributed by atoms with E-state index < -0.39 is 24.5 Å². The minimum atomic E-state index is -0.640. The first-order valence-corrected chi connectivity index (χ1v) is 7.62. The number of urea groups is 1. The molecule has 1 aromatic rings. The van der Waals surface area contributed by atoms with Gasteiger partial charge in [0.05, 0.1) is 0 Å². The maximum absolute atomic E-state index is 11.7. The van der Waals surface area contributed by atoms with E-state index in [0.29, 0.717) is 18.8 Å². The van der Waals surface area contributed by atoms with Crippen LogP contribution in [0.15, 0.2) is 18.2 Å². The van der Waals surface area contributed by atoms with Crippen molar-refractivity contribution < 1.29 is 23.9 Å². The predicted molar refractivity (Wildman–Crippen MR) is 80.0 cm³/mol. The molecule has 3 rings (SSSR count). The summed E-state index contributed by atoms with van der Waals surface area (Å²) in [6, 6.07) is 5.32. The number of esters is 1. The van der Waals surface area contributed by atoms with Crippen molar-refractivity contribution in [3.63, 3.8) is 0 Å². The van der Waals surface area contributed by atoms with Gasteiger partial charge in [0.1, 0.15) is 5.75 Å². The number of carbonyl (C=O) groups is 3. The van der Waals surface area contributed by atoms with Gasteiger partial charge in [-0.15, -0.1) is 0 Å². The number of aryl methyl sites for hydroxylation is 2. The summed E-state index contributed by atoms with van der Waals surface area (Å²) in [4.78, 5) is 35.7. The van der Waals surface area contributed by atoms with E-state index in [0.717, 1.165) is 24.2 Å². The van der Waals surface area contributed by atoms with Crippen LogP contribution in [0.5, 0.6) is 5.75 Å². The maximum atomic E-state index is 11.7. The zero-order chi connectivity index (χ0) is 16.2. The van der Waals surface area contributed by atoms with Gasteiger partial charge < -0.3 is 14.8 Å². The van der Waals surface area contributed by atoms with Gasteiger partial charge in [-0.05, 0) is 42.5 Å². The third-order valence-corrected chi connectivity index (χ3v) is 3.94. The minimum Gasteiger partial charge on any atom is -0.482 e. The summed E-state index contributed by atoms with van der Waals surface area (Å²) in [6.45, 7) is -0.0150. The van der Waals surface area contributed by atoms with E-state index in [1.54, 1.807) is 0 Å². The van der Waals surface area contributed by atoms with E-state index in [2.05, 4.69) is 5.32 Å². The molecular weight excluding hydrogens is 300 g/mol. The molecule has 0 aromatic heterocycles. The number of benzene rings is 1. The molecule has 0 unspecified atom stereocenters. The largest absolute Gasteiger partial charge is 0.482 e. The van der Waals surface area contributed by atoms with Crippen molar-refractivity contribution in [1.82, 2.24) is 10.2 Å². The number of fused-ring (bicyclic) bond motifs is 1. The number of imide groups is 1. The molecule has 3 amide bonds. The van der Waals surface area contributed by atoms with Crippen molar-refractivity contribution in [2.75, 3.05) is 26.3 Å². The Labute approximate surface area is 133 Å². The minimum absolute atomic E-state index is 0.266. The number of hydrogen-bond acceptors (Lipinski definition) is 5. The number of rotatable bonds is 5. The highest BCUT2D eigenvalue weighted by Gasteiger charge is 2.26. The van der Waals surface area contributed by atoms with Crippen LogP contribution in [0.3, 0.4) is 0 Å². The second-order valence-corrected chi connectivity index (χ2v) is 5.51. The van der Waals surface area contributed by atoms with Crippen molar-refractivity contribution in [2.45, 2.75) is 19.3 Å². The number of ether oxygens (including phenoxy) is 2. The summed E-state index contributed by atoms with van der Waals surface area (Å²) in [6.07, 6.45) is 3.26. The maximum Gasteiger partial charge on any atom is 0.344 e. The Morgan fingerprint density at radius 2 is 2.00 bits per heavy atom. The summed E-state index contributed by atoms with van der Waals surface area (Å²) >= 11 is 0. The summed E-state index contributed by atoms with van der Waals surface area (Å²) in [5.41, 5.74) is 2.58. The monoisotopic (exact) mass is 318 g/mol. The molecule has 0 radical (unpaired) electrons. The third kappa shape index (κ3) is 3.61. The third-order valence-electron chi connectivity index (χ3n) is 3.94. The second-order valence-electron chi connectivity index (χ2n) is 5.51. The van der Waals surface area contributed by atoms with Gasteiger partial charge in [0.25, 0.3) is 5.91 Å². The van der Waals surface area contributed by atoms with E-state index in [1.807, 2.05) is 18.2 Å². The van der Waals surface area contributed by atoms with Crippen LogP contribution in [0.1, 0.15) is 17.5 Å². The molecule has 1 aliphatic heterocycles. The molecule has 1 aromatic carbocycles. The molecule has 0 bridgehead atoms. The average Bonchev–Trinajstić information content (AvgIpc) is 3.18. The van der Waals surface area contributed by atoms with Crippen molar-refractivity contribution in [1.29, 1.82) is 0 Å². The molecule has 1 fully saturated rings. The quantitative estimate of drug-likeness (QED) is 0.806. The van der Waals surface area contributed by atoms with Crippen LogP contribution < -0.4 is 10.1 Å². The Hall–Kier alpha value is -2.57. The van der Waals surface area contributed by atoms with Crippen LogP contribution in [0, 0.1) is 0 Å². The van der Waals surface area contributed by atoms with Crippen LogP contribution in [0.2, 0.25) is 0 Å². The molecule has 2 aliphatic rings. The summed E-state index contributed by atoms with van der Waals surface area (Å²) < 4.78 is 10.2. The smallest absolute Gasteiger partial charge is 0.344 e. The molecule has 0 spiro atoms. The molecular formula is C16H18N2O5. The van der Waals surface area contributed by atoms with Crippen molar-refractivity contribution in [3.8, 4) is 5.75 Å². The SMILES string of the molecule is O=C(COc1ccc2c(c1)CCC2)OCC(=O)N1CCNC1=O. The standard InChI is InChI=1S/C16H18N2O5/c19-14(18-7-6-17-16(18)21)9-23-15(20)10-22-13-5-4-11-2-1-3-12(11)8-13/h4-5,8H,1-3,6-7,9-10H2,(H,17,21). The highest BCUT2D eigenvalue weighted by molar-refractivity contribution is 5.96. The van der Waals surface area contributed by atoms with Gasteiger partial charge in [0, 0.05) is 13.1 Å². The Morgan fingerprint density at radius 1 is 1.17 bits per heavy atom. The molecule has 1 N–H and O–H groups in total. The normalized spacial score (nSPS) is 16.0. The first-order valence-electron chi connectivity index (χ1n) is 7.62. The van der Waals surface area contributed by atoms with Gasteiger partial charge in [-0.25, -0.2) is 9.59 Å². The van der Waals surface area contributed by atoms with Gasteiger partial charge in [-0.3, -0.25) is 9.69 Å². The van der Waals surface area contributed by atoms with Gasteiger partial charge in [-0.1, -0.05) is 6.07 Å². The van der Waals surface area contributed by atoms with Crippen LogP contribution >= 0.6 is 0 Å². The molecule has 1 aliphatic carbocycles. The zero-order valence-corrected chi connectivity index (χ0v) is 12.7. The number of amides is 3. The van der Waals surface area contributed by atoms with Crippen LogP contribution in [-0.4, -0.2) is 49.1 Å². The fraction of sp³-hybridized carbons (Fsp3) is 0.438. The van der Waals surface area contributed by atoms with E-state index in [-0.39, 0.29) is 6.61 Å². The molecule has 1 heterocycles. The first kappa shape index (κ1) is 15.3. The van der Waals surface area contributed by atoms with E-state index in [9.17, 15) is 14.4 Å². The van der Waals surface area contributed by atoms with Crippen molar-refractivity contribution >= 4 is 17.9 Å². The van der Waals surface area contributed by atoms with Crippen LogP contribution in [0.25, 0.3) is 0 Å². The van der Waals surface area contributed by atoms with Crippen LogP contribution in [0.4, 0.5) is 4.79 Å². The van der Waals surface area contributed by atoms with Gasteiger partial charge >= 0.3 is 12.0 Å². The molecule has 23 heavy (non-hydrogen) atoms. The lowest BCUT2D eigenvalue weighted by Gasteiger charge is -2.12. The number of nitrogens with one attached hydrogen (secondary N) is 1. The fourth-order valence-electron chi connectivity index (χ4n) is 2.75. The van der Waals surface area contributed by atoms with Crippen molar-refractivity contribution in [3.05, 3.63) is 29.3 Å². The van der Waals surface area contributed by atoms with Gasteiger partial charge in [-0.2, -0.15) is 0 Å².